The van der Waals surface area contributed by atoms with Gasteiger partial charge < -0.3 is 11.1 Å². The van der Waals surface area contributed by atoms with E-state index < -0.39 is 0 Å². The molecule has 1 atom stereocenters. The number of carbonyl (C=O) groups is 2. The molecule has 1 saturated carbocycles. The number of urea groups is 1. The number of anilines is 2. The van der Waals surface area contributed by atoms with Crippen LogP contribution < -0.4 is 16.0 Å². The summed E-state index contributed by atoms with van der Waals surface area (Å²) in [5.74, 6) is 0.354. The molecule has 5 nitrogen and oxygen atoms in total. The van der Waals surface area contributed by atoms with Crippen LogP contribution in [0.3, 0.4) is 0 Å². The lowest BCUT2D eigenvalue weighted by molar-refractivity contribution is -0.119. The largest absolute Gasteiger partial charge is 0.399 e. The molecule has 1 unspecified atom stereocenters. The monoisotopic (exact) mass is 245 g/mol. The fourth-order valence-electron chi connectivity index (χ4n) is 2.33. The molecule has 2 aliphatic rings. The number of carbonyl (C=O) groups excluding carboxylic acids is 2. The van der Waals surface area contributed by atoms with Crippen LogP contribution in [-0.4, -0.2) is 18.0 Å². The fraction of sp³-hybridized carbons (Fsp3) is 0.385. The Labute approximate surface area is 105 Å². The Morgan fingerprint density at radius 3 is 2.39 bits per heavy atom. The Hall–Kier alpha value is -2.04. The zero-order chi connectivity index (χ0) is 12.7. The number of benzene rings is 1. The van der Waals surface area contributed by atoms with Gasteiger partial charge in [0.25, 0.3) is 0 Å². The van der Waals surface area contributed by atoms with Gasteiger partial charge in [0.1, 0.15) is 0 Å². The van der Waals surface area contributed by atoms with Gasteiger partial charge in [-0.15, -0.1) is 0 Å². The Bertz CT molecular complexity index is 475. The van der Waals surface area contributed by atoms with E-state index in [1.54, 1.807) is 24.3 Å². The molecule has 3 N–H and O–H groups in total. The molecule has 0 bridgehead atoms. The molecule has 1 saturated heterocycles. The van der Waals surface area contributed by atoms with Crippen LogP contribution >= 0.6 is 0 Å². The molecular formula is C13H15N3O2. The first-order valence-corrected chi connectivity index (χ1v) is 6.14. The van der Waals surface area contributed by atoms with Crippen molar-refractivity contribution < 1.29 is 9.59 Å². The average molecular weight is 245 g/mol. The zero-order valence-corrected chi connectivity index (χ0v) is 9.93. The van der Waals surface area contributed by atoms with Crippen LogP contribution in [0.2, 0.25) is 0 Å². The Morgan fingerprint density at radius 2 is 1.83 bits per heavy atom. The van der Waals surface area contributed by atoms with Crippen molar-refractivity contribution in [1.82, 2.24) is 5.32 Å². The van der Waals surface area contributed by atoms with Gasteiger partial charge in [-0.25, -0.2) is 9.69 Å². The molecule has 1 heterocycles. The molecule has 2 fully saturated rings. The van der Waals surface area contributed by atoms with Crippen LogP contribution in [-0.2, 0) is 4.79 Å². The van der Waals surface area contributed by atoms with Gasteiger partial charge in [-0.2, -0.15) is 0 Å². The predicted molar refractivity (Wildman–Crippen MR) is 68.0 cm³/mol. The molecule has 94 valence electrons. The molecule has 3 rings (SSSR count). The van der Waals surface area contributed by atoms with Crippen molar-refractivity contribution >= 4 is 23.3 Å². The van der Waals surface area contributed by atoms with E-state index in [4.69, 9.17) is 5.73 Å². The molecule has 0 aromatic heterocycles. The summed E-state index contributed by atoms with van der Waals surface area (Å²) >= 11 is 0. The molecule has 18 heavy (non-hydrogen) atoms. The van der Waals surface area contributed by atoms with Gasteiger partial charge in [0.2, 0.25) is 5.91 Å². The van der Waals surface area contributed by atoms with E-state index in [9.17, 15) is 9.59 Å². The van der Waals surface area contributed by atoms with E-state index in [0.717, 1.165) is 12.8 Å². The topological polar surface area (TPSA) is 75.4 Å². The Kier molecular flexibility index (Phi) is 2.47. The van der Waals surface area contributed by atoms with Gasteiger partial charge in [0, 0.05) is 18.2 Å². The van der Waals surface area contributed by atoms with Crippen molar-refractivity contribution in [3.05, 3.63) is 24.3 Å². The standard InChI is InChI=1S/C13H15N3O2/c14-9-3-5-10(6-4-9)16-12(17)7-11(8-1-2-8)15-13(16)18/h3-6,8,11H,1-2,7,14H2,(H,15,18). The van der Waals surface area contributed by atoms with Gasteiger partial charge >= 0.3 is 6.03 Å². The van der Waals surface area contributed by atoms with E-state index in [1.807, 2.05) is 0 Å². The van der Waals surface area contributed by atoms with E-state index in [2.05, 4.69) is 5.32 Å². The smallest absolute Gasteiger partial charge is 0.328 e. The number of nitrogens with one attached hydrogen (secondary N) is 1. The first-order valence-electron chi connectivity index (χ1n) is 6.14. The molecular weight excluding hydrogens is 230 g/mol. The molecule has 1 aliphatic carbocycles. The molecule has 1 aromatic rings. The quantitative estimate of drug-likeness (QED) is 0.775. The minimum absolute atomic E-state index is 0.0232. The van der Waals surface area contributed by atoms with Crippen molar-refractivity contribution in [3.8, 4) is 0 Å². The van der Waals surface area contributed by atoms with Gasteiger partial charge in [0.15, 0.2) is 0 Å². The van der Waals surface area contributed by atoms with Crippen molar-refractivity contribution in [2.75, 3.05) is 10.6 Å². The summed E-state index contributed by atoms with van der Waals surface area (Å²) in [6.45, 7) is 0. The van der Waals surface area contributed by atoms with Crippen molar-refractivity contribution in [2.45, 2.75) is 25.3 Å². The highest BCUT2D eigenvalue weighted by molar-refractivity contribution is 6.16. The highest BCUT2D eigenvalue weighted by Gasteiger charge is 2.40. The highest BCUT2D eigenvalue weighted by Crippen LogP contribution is 2.36. The normalized spacial score (nSPS) is 24.0. The van der Waals surface area contributed by atoms with E-state index in [1.165, 1.54) is 4.90 Å². The van der Waals surface area contributed by atoms with E-state index >= 15 is 0 Å². The number of nitrogens with two attached hydrogens (primary N) is 1. The van der Waals surface area contributed by atoms with Crippen LogP contribution in [0, 0.1) is 5.92 Å². The number of imide groups is 1. The minimum Gasteiger partial charge on any atom is -0.399 e. The summed E-state index contributed by atoms with van der Waals surface area (Å²) in [7, 11) is 0. The molecule has 0 spiro atoms. The van der Waals surface area contributed by atoms with E-state index in [-0.39, 0.29) is 18.0 Å². The van der Waals surface area contributed by atoms with E-state index in [0.29, 0.717) is 23.7 Å². The van der Waals surface area contributed by atoms with Crippen molar-refractivity contribution in [2.24, 2.45) is 5.92 Å². The van der Waals surface area contributed by atoms with Crippen LogP contribution in [0.15, 0.2) is 24.3 Å². The third-order valence-electron chi connectivity index (χ3n) is 3.50. The lowest BCUT2D eigenvalue weighted by Gasteiger charge is -2.31. The van der Waals surface area contributed by atoms with Crippen LogP contribution in [0.1, 0.15) is 19.3 Å². The maximum Gasteiger partial charge on any atom is 0.328 e. The fourth-order valence-corrected chi connectivity index (χ4v) is 2.33. The second-order valence-electron chi connectivity index (χ2n) is 4.92. The molecule has 0 radical (unpaired) electrons. The second-order valence-corrected chi connectivity index (χ2v) is 4.92. The summed E-state index contributed by atoms with van der Waals surface area (Å²) < 4.78 is 0. The van der Waals surface area contributed by atoms with Crippen LogP contribution in [0.25, 0.3) is 0 Å². The Morgan fingerprint density at radius 1 is 1.17 bits per heavy atom. The first-order chi connectivity index (χ1) is 8.65. The van der Waals surface area contributed by atoms with Crippen LogP contribution in [0.4, 0.5) is 16.2 Å². The maximum atomic E-state index is 12.1. The van der Waals surface area contributed by atoms with Gasteiger partial charge in [-0.05, 0) is 43.0 Å². The molecule has 1 aromatic carbocycles. The summed E-state index contributed by atoms with van der Waals surface area (Å²) in [6.07, 6.45) is 2.61. The molecule has 3 amide bonds. The number of nitrogen functional groups attached to an aromatic ring is 1. The summed E-state index contributed by atoms with van der Waals surface area (Å²) in [5.41, 5.74) is 6.77. The minimum atomic E-state index is -0.326. The lowest BCUT2D eigenvalue weighted by atomic mass is 10.1. The number of amides is 3. The number of hydrogen-bond acceptors (Lipinski definition) is 3. The Balaban J connectivity index is 1.82. The van der Waals surface area contributed by atoms with Crippen molar-refractivity contribution in [1.29, 1.82) is 0 Å². The predicted octanol–water partition coefficient (Wildman–Crippen LogP) is 1.49. The van der Waals surface area contributed by atoms with Gasteiger partial charge in [-0.3, -0.25) is 4.79 Å². The number of rotatable bonds is 2. The maximum absolute atomic E-state index is 12.1. The summed E-state index contributed by atoms with van der Waals surface area (Å²) in [6, 6.07) is 6.43. The third kappa shape index (κ3) is 1.92. The number of nitrogens with zero attached hydrogens (tertiary/aromatic N) is 1. The SMILES string of the molecule is Nc1ccc(N2C(=O)CC(C3CC3)NC2=O)cc1. The molecule has 1 aliphatic heterocycles. The summed E-state index contributed by atoms with van der Waals surface area (Å²) in [5, 5.41) is 2.91. The summed E-state index contributed by atoms with van der Waals surface area (Å²) in [4.78, 5) is 25.3. The number of hydrogen-bond donors (Lipinski definition) is 2. The second kappa shape index (κ2) is 4.01. The van der Waals surface area contributed by atoms with Gasteiger partial charge in [-0.1, -0.05) is 0 Å². The van der Waals surface area contributed by atoms with Crippen LogP contribution in [0.5, 0.6) is 0 Å². The zero-order valence-electron chi connectivity index (χ0n) is 9.93. The third-order valence-corrected chi connectivity index (χ3v) is 3.50. The lowest BCUT2D eigenvalue weighted by Crippen LogP contribution is -2.55. The molecule has 5 heteroatoms. The highest BCUT2D eigenvalue weighted by atomic mass is 16.2. The van der Waals surface area contributed by atoms with Gasteiger partial charge in [0.05, 0.1) is 5.69 Å². The average Bonchev–Trinajstić information content (AvgIpc) is 3.14. The van der Waals surface area contributed by atoms with Crippen molar-refractivity contribution in [3.63, 3.8) is 0 Å². The first kappa shape index (κ1) is 11.1.